The van der Waals surface area contributed by atoms with Crippen LogP contribution in [0, 0.1) is 0 Å². The Morgan fingerprint density at radius 1 is 1.38 bits per heavy atom. The van der Waals surface area contributed by atoms with E-state index in [0.29, 0.717) is 6.54 Å². The zero-order chi connectivity index (χ0) is 9.94. The first-order valence-electron chi connectivity index (χ1n) is 4.77. The third kappa shape index (κ3) is 9.70. The molecule has 1 amide bonds. The van der Waals surface area contributed by atoms with Crippen molar-refractivity contribution in [2.24, 2.45) is 0 Å². The minimum atomic E-state index is 0.106. The van der Waals surface area contributed by atoms with Crippen molar-refractivity contribution in [3.63, 3.8) is 0 Å². The lowest BCUT2D eigenvalue weighted by Crippen LogP contribution is -2.34. The average Bonchev–Trinajstić information content (AvgIpc) is 2.13. The number of carbonyl (C=O) groups is 1. The van der Waals surface area contributed by atoms with Gasteiger partial charge in [-0.25, -0.2) is 0 Å². The Kier molecular flexibility index (Phi) is 9.70. The first-order valence-corrected chi connectivity index (χ1v) is 6.17. The van der Waals surface area contributed by atoms with Crippen LogP contribution in [-0.2, 0) is 4.79 Å². The van der Waals surface area contributed by atoms with E-state index in [1.165, 1.54) is 0 Å². The van der Waals surface area contributed by atoms with Gasteiger partial charge in [-0.3, -0.25) is 4.79 Å². The molecule has 0 aromatic rings. The molecule has 0 radical (unpaired) electrons. The summed E-state index contributed by atoms with van der Waals surface area (Å²) in [6.45, 7) is 4.25. The molecule has 0 atom stereocenters. The first-order chi connectivity index (χ1) is 6.31. The van der Waals surface area contributed by atoms with Crippen LogP contribution in [0.5, 0.6) is 0 Å². The van der Waals surface area contributed by atoms with Crippen molar-refractivity contribution >= 4 is 17.7 Å². The molecular formula is C9H20N2OS. The predicted molar refractivity (Wildman–Crippen MR) is 59.2 cm³/mol. The molecule has 2 N–H and O–H groups in total. The molecule has 0 aromatic carbocycles. The van der Waals surface area contributed by atoms with Gasteiger partial charge in [0.05, 0.1) is 6.54 Å². The summed E-state index contributed by atoms with van der Waals surface area (Å²) in [5, 5.41) is 5.92. The van der Waals surface area contributed by atoms with Crippen LogP contribution in [0.2, 0.25) is 0 Å². The maximum Gasteiger partial charge on any atom is 0.233 e. The summed E-state index contributed by atoms with van der Waals surface area (Å²) in [7, 11) is 0. The minimum absolute atomic E-state index is 0.106. The summed E-state index contributed by atoms with van der Waals surface area (Å²) in [5.41, 5.74) is 0. The highest BCUT2D eigenvalue weighted by Crippen LogP contribution is 1.92. The molecule has 0 bridgehead atoms. The number of hydrogen-bond acceptors (Lipinski definition) is 3. The van der Waals surface area contributed by atoms with Crippen molar-refractivity contribution in [1.82, 2.24) is 10.6 Å². The standard InChI is InChI=1S/C9H20N2OS/c1-3-5-10-8-9(12)11-6-4-7-13-2/h10H,3-8H2,1-2H3,(H,11,12). The molecule has 3 nitrogen and oxygen atoms in total. The Bertz CT molecular complexity index is 131. The third-order valence-corrected chi connectivity index (χ3v) is 2.26. The quantitative estimate of drug-likeness (QED) is 0.576. The molecule has 0 spiro atoms. The molecule has 0 heterocycles. The van der Waals surface area contributed by atoms with Crippen molar-refractivity contribution < 1.29 is 4.79 Å². The maximum atomic E-state index is 11.1. The smallest absolute Gasteiger partial charge is 0.233 e. The third-order valence-electron chi connectivity index (χ3n) is 1.56. The second kappa shape index (κ2) is 9.86. The van der Waals surface area contributed by atoms with Gasteiger partial charge in [0, 0.05) is 6.54 Å². The average molecular weight is 204 g/mol. The summed E-state index contributed by atoms with van der Waals surface area (Å²) < 4.78 is 0. The Labute approximate surface area is 85.0 Å². The van der Waals surface area contributed by atoms with Crippen molar-refractivity contribution in [2.75, 3.05) is 31.6 Å². The SMILES string of the molecule is CCCNCC(=O)NCCCSC. The second-order valence-corrected chi connectivity index (χ2v) is 3.86. The Morgan fingerprint density at radius 2 is 2.15 bits per heavy atom. The van der Waals surface area contributed by atoms with Crippen LogP contribution in [0.25, 0.3) is 0 Å². The highest BCUT2D eigenvalue weighted by Gasteiger charge is 1.97. The van der Waals surface area contributed by atoms with E-state index < -0.39 is 0 Å². The van der Waals surface area contributed by atoms with Gasteiger partial charge in [0.1, 0.15) is 0 Å². The van der Waals surface area contributed by atoms with Gasteiger partial charge in [0.15, 0.2) is 0 Å². The largest absolute Gasteiger partial charge is 0.355 e. The van der Waals surface area contributed by atoms with Crippen LogP contribution in [0.4, 0.5) is 0 Å². The van der Waals surface area contributed by atoms with E-state index in [4.69, 9.17) is 0 Å². The maximum absolute atomic E-state index is 11.1. The number of rotatable bonds is 8. The van der Waals surface area contributed by atoms with Gasteiger partial charge >= 0.3 is 0 Å². The van der Waals surface area contributed by atoms with Crippen molar-refractivity contribution in [1.29, 1.82) is 0 Å². The van der Waals surface area contributed by atoms with Crippen LogP contribution < -0.4 is 10.6 Å². The Hall–Kier alpha value is -0.220. The van der Waals surface area contributed by atoms with Gasteiger partial charge in [-0.15, -0.1) is 0 Å². The number of thioether (sulfide) groups is 1. The minimum Gasteiger partial charge on any atom is -0.355 e. The van der Waals surface area contributed by atoms with Crippen molar-refractivity contribution in [2.45, 2.75) is 19.8 Å². The van der Waals surface area contributed by atoms with Gasteiger partial charge in [-0.05, 0) is 31.4 Å². The molecule has 0 aliphatic heterocycles. The Balaban J connectivity index is 3.11. The molecule has 0 aromatic heterocycles. The first kappa shape index (κ1) is 12.8. The van der Waals surface area contributed by atoms with Gasteiger partial charge in [0.2, 0.25) is 5.91 Å². The van der Waals surface area contributed by atoms with Crippen LogP contribution in [0.15, 0.2) is 0 Å². The van der Waals surface area contributed by atoms with Gasteiger partial charge in [-0.1, -0.05) is 6.92 Å². The summed E-state index contributed by atoms with van der Waals surface area (Å²) >= 11 is 1.81. The van der Waals surface area contributed by atoms with Crippen LogP contribution in [0.1, 0.15) is 19.8 Å². The molecule has 0 aliphatic rings. The zero-order valence-electron chi connectivity index (χ0n) is 8.56. The number of carbonyl (C=O) groups excluding carboxylic acids is 1. The topological polar surface area (TPSA) is 41.1 Å². The van der Waals surface area contributed by atoms with E-state index in [1.807, 2.05) is 11.8 Å². The number of amides is 1. The summed E-state index contributed by atoms with van der Waals surface area (Å²) in [5.74, 6) is 1.22. The van der Waals surface area contributed by atoms with Gasteiger partial charge in [-0.2, -0.15) is 11.8 Å². The fraction of sp³-hybridized carbons (Fsp3) is 0.889. The predicted octanol–water partition coefficient (Wildman–Crippen LogP) is 0.855. The molecule has 0 saturated heterocycles. The molecule has 0 fully saturated rings. The highest BCUT2D eigenvalue weighted by atomic mass is 32.2. The molecule has 0 unspecified atom stereocenters. The lowest BCUT2D eigenvalue weighted by Gasteiger charge is -2.04. The Morgan fingerprint density at radius 3 is 2.77 bits per heavy atom. The zero-order valence-corrected chi connectivity index (χ0v) is 9.38. The number of hydrogen-bond donors (Lipinski definition) is 2. The summed E-state index contributed by atoms with van der Waals surface area (Å²) in [6.07, 6.45) is 4.20. The van der Waals surface area contributed by atoms with E-state index in [9.17, 15) is 4.79 Å². The van der Waals surface area contributed by atoms with E-state index in [2.05, 4.69) is 23.8 Å². The summed E-state index contributed by atoms with van der Waals surface area (Å²) in [4.78, 5) is 11.1. The molecule has 13 heavy (non-hydrogen) atoms. The summed E-state index contributed by atoms with van der Waals surface area (Å²) in [6, 6.07) is 0. The highest BCUT2D eigenvalue weighted by molar-refractivity contribution is 7.98. The lowest BCUT2D eigenvalue weighted by atomic mass is 10.4. The molecule has 78 valence electrons. The molecule has 0 saturated carbocycles. The monoisotopic (exact) mass is 204 g/mol. The fourth-order valence-electron chi connectivity index (χ4n) is 0.886. The molecular weight excluding hydrogens is 184 g/mol. The lowest BCUT2D eigenvalue weighted by molar-refractivity contribution is -0.120. The van der Waals surface area contributed by atoms with E-state index in [0.717, 1.165) is 31.7 Å². The number of nitrogens with one attached hydrogen (secondary N) is 2. The van der Waals surface area contributed by atoms with E-state index >= 15 is 0 Å². The van der Waals surface area contributed by atoms with Crippen molar-refractivity contribution in [3.05, 3.63) is 0 Å². The molecule has 4 heteroatoms. The van der Waals surface area contributed by atoms with Crippen LogP contribution in [0.3, 0.4) is 0 Å². The van der Waals surface area contributed by atoms with Crippen molar-refractivity contribution in [3.8, 4) is 0 Å². The normalized spacial score (nSPS) is 10.0. The van der Waals surface area contributed by atoms with Gasteiger partial charge in [0.25, 0.3) is 0 Å². The molecule has 0 aliphatic carbocycles. The van der Waals surface area contributed by atoms with Gasteiger partial charge < -0.3 is 10.6 Å². The van der Waals surface area contributed by atoms with E-state index in [1.54, 1.807) is 0 Å². The fourth-order valence-corrected chi connectivity index (χ4v) is 1.32. The van der Waals surface area contributed by atoms with Crippen LogP contribution >= 0.6 is 11.8 Å². The molecule has 0 rings (SSSR count). The van der Waals surface area contributed by atoms with E-state index in [-0.39, 0.29) is 5.91 Å². The van der Waals surface area contributed by atoms with Crippen LogP contribution in [-0.4, -0.2) is 37.6 Å². The second-order valence-electron chi connectivity index (χ2n) is 2.87.